The molecule has 24 heavy (non-hydrogen) atoms. The van der Waals surface area contributed by atoms with Crippen molar-refractivity contribution in [1.29, 1.82) is 0 Å². The van der Waals surface area contributed by atoms with Crippen LogP contribution in [0.5, 0.6) is 0 Å². The van der Waals surface area contributed by atoms with Crippen LogP contribution in [-0.2, 0) is 11.2 Å². The minimum atomic E-state index is -0.526. The van der Waals surface area contributed by atoms with E-state index in [4.69, 9.17) is 4.74 Å². The molecule has 3 rings (SSSR count). The SMILES string of the molecule is CC(C)(C)OC(=O)N1c2cccc(Br)c2CCC1c1ccccc1. The van der Waals surface area contributed by atoms with Crippen LogP contribution in [0.3, 0.4) is 0 Å². The Hall–Kier alpha value is -1.81. The number of nitrogens with zero attached hydrogens (tertiary/aromatic N) is 1. The van der Waals surface area contributed by atoms with Crippen molar-refractivity contribution in [3.05, 3.63) is 64.1 Å². The van der Waals surface area contributed by atoms with Crippen molar-refractivity contribution in [1.82, 2.24) is 0 Å². The Morgan fingerprint density at radius 3 is 2.50 bits per heavy atom. The van der Waals surface area contributed by atoms with Gasteiger partial charge in [0.2, 0.25) is 0 Å². The van der Waals surface area contributed by atoms with E-state index in [-0.39, 0.29) is 12.1 Å². The number of carbonyl (C=O) groups excluding carboxylic acids is 1. The Labute approximate surface area is 151 Å². The Morgan fingerprint density at radius 2 is 1.83 bits per heavy atom. The first-order chi connectivity index (χ1) is 11.4. The first-order valence-electron chi connectivity index (χ1n) is 8.21. The second-order valence-corrected chi connectivity index (χ2v) is 7.91. The molecule has 0 saturated carbocycles. The van der Waals surface area contributed by atoms with Gasteiger partial charge in [-0.15, -0.1) is 0 Å². The molecule has 0 aromatic heterocycles. The van der Waals surface area contributed by atoms with Gasteiger partial charge in [0, 0.05) is 4.47 Å². The molecule has 1 heterocycles. The summed E-state index contributed by atoms with van der Waals surface area (Å²) >= 11 is 3.62. The molecular formula is C20H22BrNO2. The van der Waals surface area contributed by atoms with Crippen molar-refractivity contribution in [3.63, 3.8) is 0 Å². The van der Waals surface area contributed by atoms with Gasteiger partial charge >= 0.3 is 6.09 Å². The molecule has 1 atom stereocenters. The maximum atomic E-state index is 13.0. The Kier molecular flexibility index (Phi) is 4.68. The molecule has 1 amide bonds. The number of ether oxygens (including phenoxy) is 1. The summed E-state index contributed by atoms with van der Waals surface area (Å²) in [5.74, 6) is 0. The molecule has 0 spiro atoms. The molecule has 0 fully saturated rings. The summed E-state index contributed by atoms with van der Waals surface area (Å²) in [5.41, 5.74) is 2.70. The third-order valence-corrected chi connectivity index (χ3v) is 4.85. The highest BCUT2D eigenvalue weighted by atomic mass is 79.9. The molecule has 1 aliphatic rings. The van der Waals surface area contributed by atoms with Gasteiger partial charge in [-0.2, -0.15) is 0 Å². The number of carbonyl (C=O) groups is 1. The van der Waals surface area contributed by atoms with Gasteiger partial charge in [-0.25, -0.2) is 4.79 Å². The fourth-order valence-corrected chi connectivity index (χ4v) is 3.68. The molecule has 3 nitrogen and oxygen atoms in total. The molecule has 1 aliphatic heterocycles. The third-order valence-electron chi connectivity index (χ3n) is 4.11. The van der Waals surface area contributed by atoms with Crippen LogP contribution in [0.25, 0.3) is 0 Å². The molecule has 0 N–H and O–H groups in total. The monoisotopic (exact) mass is 387 g/mol. The average Bonchev–Trinajstić information content (AvgIpc) is 2.53. The van der Waals surface area contributed by atoms with E-state index in [1.54, 1.807) is 0 Å². The first kappa shape index (κ1) is 17.0. The Bertz CT molecular complexity index is 737. The van der Waals surface area contributed by atoms with Crippen molar-refractivity contribution >= 4 is 27.7 Å². The molecule has 1 unspecified atom stereocenters. The molecule has 0 radical (unpaired) electrons. The fourth-order valence-electron chi connectivity index (χ4n) is 3.13. The lowest BCUT2D eigenvalue weighted by Gasteiger charge is -2.38. The van der Waals surface area contributed by atoms with Gasteiger partial charge in [0.15, 0.2) is 0 Å². The maximum Gasteiger partial charge on any atom is 0.415 e. The van der Waals surface area contributed by atoms with Gasteiger partial charge in [0.25, 0.3) is 0 Å². The summed E-state index contributed by atoms with van der Waals surface area (Å²) in [6.45, 7) is 5.69. The molecule has 2 aromatic carbocycles. The van der Waals surface area contributed by atoms with Crippen LogP contribution in [0.15, 0.2) is 53.0 Å². The van der Waals surface area contributed by atoms with Crippen molar-refractivity contribution in [2.75, 3.05) is 4.90 Å². The predicted octanol–water partition coefficient (Wildman–Crippen LogP) is 5.88. The van der Waals surface area contributed by atoms with Crippen molar-refractivity contribution in [2.24, 2.45) is 0 Å². The van der Waals surface area contributed by atoms with Gasteiger partial charge in [-0.3, -0.25) is 4.90 Å². The van der Waals surface area contributed by atoms with Gasteiger partial charge in [-0.1, -0.05) is 52.3 Å². The van der Waals surface area contributed by atoms with E-state index in [0.717, 1.165) is 34.1 Å². The van der Waals surface area contributed by atoms with Crippen LogP contribution in [0, 0.1) is 0 Å². The van der Waals surface area contributed by atoms with E-state index in [9.17, 15) is 4.79 Å². The normalized spacial score (nSPS) is 17.3. The average molecular weight is 388 g/mol. The molecule has 0 aliphatic carbocycles. The highest BCUT2D eigenvalue weighted by Crippen LogP contribution is 2.42. The van der Waals surface area contributed by atoms with Crippen molar-refractivity contribution in [3.8, 4) is 0 Å². The Balaban J connectivity index is 2.06. The molecule has 2 aromatic rings. The number of halogens is 1. The van der Waals surface area contributed by atoms with Gasteiger partial charge in [0.1, 0.15) is 5.60 Å². The maximum absolute atomic E-state index is 13.0. The summed E-state index contributed by atoms with van der Waals surface area (Å²) in [5, 5.41) is 0. The fraction of sp³-hybridized carbons (Fsp3) is 0.350. The van der Waals surface area contributed by atoms with Crippen LogP contribution < -0.4 is 4.90 Å². The number of benzene rings is 2. The van der Waals surface area contributed by atoms with Gasteiger partial charge in [-0.05, 0) is 56.9 Å². The van der Waals surface area contributed by atoms with E-state index < -0.39 is 5.60 Å². The van der Waals surface area contributed by atoms with Crippen LogP contribution in [0.2, 0.25) is 0 Å². The predicted molar refractivity (Wildman–Crippen MR) is 100 cm³/mol. The topological polar surface area (TPSA) is 29.5 Å². The second kappa shape index (κ2) is 6.60. The molecule has 0 saturated heterocycles. The van der Waals surface area contributed by atoms with Crippen molar-refractivity contribution in [2.45, 2.75) is 45.3 Å². The zero-order chi connectivity index (χ0) is 17.3. The summed E-state index contributed by atoms with van der Waals surface area (Å²) in [6.07, 6.45) is 1.50. The van der Waals surface area contributed by atoms with E-state index in [2.05, 4.69) is 28.1 Å². The smallest absolute Gasteiger partial charge is 0.415 e. The lowest BCUT2D eigenvalue weighted by molar-refractivity contribution is 0.0560. The van der Waals surface area contributed by atoms with Gasteiger partial charge in [0.05, 0.1) is 11.7 Å². The summed E-state index contributed by atoms with van der Waals surface area (Å²) in [4.78, 5) is 14.8. The minimum absolute atomic E-state index is 0.0113. The quantitative estimate of drug-likeness (QED) is 0.611. The van der Waals surface area contributed by atoms with E-state index in [0.29, 0.717) is 0 Å². The summed E-state index contributed by atoms with van der Waals surface area (Å²) in [6, 6.07) is 16.1. The molecule has 4 heteroatoms. The highest BCUT2D eigenvalue weighted by molar-refractivity contribution is 9.10. The third kappa shape index (κ3) is 3.48. The van der Waals surface area contributed by atoms with Crippen LogP contribution in [0.4, 0.5) is 10.5 Å². The summed E-state index contributed by atoms with van der Waals surface area (Å²) in [7, 11) is 0. The lowest BCUT2D eigenvalue weighted by Crippen LogP contribution is -2.42. The molecule has 126 valence electrons. The van der Waals surface area contributed by atoms with Crippen LogP contribution in [-0.4, -0.2) is 11.7 Å². The number of anilines is 1. The number of amides is 1. The minimum Gasteiger partial charge on any atom is -0.443 e. The van der Waals surface area contributed by atoms with E-state index >= 15 is 0 Å². The number of fused-ring (bicyclic) bond motifs is 1. The van der Waals surface area contributed by atoms with Crippen LogP contribution >= 0.6 is 15.9 Å². The number of hydrogen-bond acceptors (Lipinski definition) is 2. The molecule has 0 bridgehead atoms. The molecular weight excluding hydrogens is 366 g/mol. The highest BCUT2D eigenvalue weighted by Gasteiger charge is 2.35. The number of rotatable bonds is 1. The summed E-state index contributed by atoms with van der Waals surface area (Å²) < 4.78 is 6.74. The Morgan fingerprint density at radius 1 is 1.12 bits per heavy atom. The first-order valence-corrected chi connectivity index (χ1v) is 9.00. The zero-order valence-corrected chi connectivity index (χ0v) is 15.8. The zero-order valence-electron chi connectivity index (χ0n) is 14.3. The van der Waals surface area contributed by atoms with Crippen LogP contribution in [0.1, 0.15) is 44.4 Å². The van der Waals surface area contributed by atoms with E-state index in [1.165, 1.54) is 0 Å². The van der Waals surface area contributed by atoms with Crippen molar-refractivity contribution < 1.29 is 9.53 Å². The van der Waals surface area contributed by atoms with E-state index in [1.807, 2.05) is 62.1 Å². The number of hydrogen-bond donors (Lipinski definition) is 0. The second-order valence-electron chi connectivity index (χ2n) is 7.05. The van der Waals surface area contributed by atoms with Gasteiger partial charge < -0.3 is 4.74 Å². The standard InChI is InChI=1S/C20H22BrNO2/c1-20(2,3)24-19(23)22-17(14-8-5-4-6-9-14)13-12-15-16(21)10-7-11-18(15)22/h4-11,17H,12-13H2,1-3H3. The lowest BCUT2D eigenvalue weighted by atomic mass is 9.91. The largest absolute Gasteiger partial charge is 0.443 e.